The number of ether oxygens (including phenoxy) is 1. The lowest BCUT2D eigenvalue weighted by molar-refractivity contribution is 0.0524. The van der Waals surface area contributed by atoms with Gasteiger partial charge in [0.05, 0.1) is 18.2 Å². The maximum Gasteiger partial charge on any atom is 0.341 e. The summed E-state index contributed by atoms with van der Waals surface area (Å²) in [6, 6.07) is 0. The van der Waals surface area contributed by atoms with Crippen molar-refractivity contribution in [2.45, 2.75) is 12.8 Å². The lowest BCUT2D eigenvalue weighted by Gasteiger charge is -2.06. The number of carbonyl (C=O) groups excluding carboxylic acids is 1. The highest BCUT2D eigenvalue weighted by Crippen LogP contribution is 2.11. The Hall–Kier alpha value is -1.36. The molecule has 0 aliphatic heterocycles. The van der Waals surface area contributed by atoms with Gasteiger partial charge in [0.2, 0.25) is 5.95 Å². The fraction of sp³-hybridized carbons (Fsp3) is 0.444. The van der Waals surface area contributed by atoms with Gasteiger partial charge in [-0.15, -0.1) is 11.6 Å². The molecule has 0 spiro atoms. The van der Waals surface area contributed by atoms with Gasteiger partial charge < -0.3 is 10.1 Å². The standard InChI is InChI=1S/C9H12ClN3O2/c1-3-15-8(14)6-5-12-9(11-2)13-7(6)4-10/h5H,3-4H2,1-2H3,(H,11,12,13). The molecule has 1 rings (SSSR count). The number of hydrogen-bond donors (Lipinski definition) is 1. The summed E-state index contributed by atoms with van der Waals surface area (Å²) in [5.41, 5.74) is 0.778. The quantitative estimate of drug-likeness (QED) is 0.625. The summed E-state index contributed by atoms with van der Waals surface area (Å²) in [6.45, 7) is 2.05. The summed E-state index contributed by atoms with van der Waals surface area (Å²) >= 11 is 5.68. The van der Waals surface area contributed by atoms with Crippen LogP contribution in [0.4, 0.5) is 5.95 Å². The average Bonchev–Trinajstić information content (AvgIpc) is 2.28. The molecule has 82 valence electrons. The molecular weight excluding hydrogens is 218 g/mol. The molecule has 6 heteroatoms. The van der Waals surface area contributed by atoms with Crippen LogP contribution in [0.2, 0.25) is 0 Å². The second-order valence-corrected chi connectivity index (χ2v) is 2.93. The summed E-state index contributed by atoms with van der Waals surface area (Å²) < 4.78 is 4.85. The van der Waals surface area contributed by atoms with Crippen LogP contribution >= 0.6 is 11.6 Å². The molecule has 0 aliphatic rings. The van der Waals surface area contributed by atoms with Crippen molar-refractivity contribution in [3.05, 3.63) is 17.5 Å². The Balaban J connectivity index is 3.02. The van der Waals surface area contributed by atoms with Gasteiger partial charge in [0, 0.05) is 13.2 Å². The van der Waals surface area contributed by atoms with Crippen molar-refractivity contribution in [3.63, 3.8) is 0 Å². The van der Waals surface area contributed by atoms with Crippen molar-refractivity contribution < 1.29 is 9.53 Å². The third kappa shape index (κ3) is 2.79. The summed E-state index contributed by atoms with van der Waals surface area (Å²) in [4.78, 5) is 19.4. The maximum atomic E-state index is 11.4. The van der Waals surface area contributed by atoms with Crippen molar-refractivity contribution in [2.24, 2.45) is 0 Å². The average molecular weight is 230 g/mol. The van der Waals surface area contributed by atoms with Gasteiger partial charge in [0.15, 0.2) is 0 Å². The molecule has 0 radical (unpaired) electrons. The monoisotopic (exact) mass is 229 g/mol. The predicted octanol–water partition coefficient (Wildman–Crippen LogP) is 1.43. The number of rotatable bonds is 4. The molecule has 15 heavy (non-hydrogen) atoms. The number of esters is 1. The van der Waals surface area contributed by atoms with E-state index in [9.17, 15) is 4.79 Å². The lowest BCUT2D eigenvalue weighted by Crippen LogP contribution is -2.11. The third-order valence-electron chi connectivity index (χ3n) is 1.71. The van der Waals surface area contributed by atoms with E-state index in [1.54, 1.807) is 14.0 Å². The molecule has 0 saturated heterocycles. The largest absolute Gasteiger partial charge is 0.462 e. The number of aromatic nitrogens is 2. The maximum absolute atomic E-state index is 11.4. The zero-order valence-electron chi connectivity index (χ0n) is 8.58. The van der Waals surface area contributed by atoms with Gasteiger partial charge in [0.1, 0.15) is 5.56 Å². The van der Waals surface area contributed by atoms with Gasteiger partial charge in [-0.3, -0.25) is 0 Å². The van der Waals surface area contributed by atoms with Crippen LogP contribution < -0.4 is 5.32 Å². The SMILES string of the molecule is CCOC(=O)c1cnc(NC)nc1CCl. The number of nitrogens with one attached hydrogen (secondary N) is 1. The molecule has 0 saturated carbocycles. The lowest BCUT2D eigenvalue weighted by atomic mass is 10.2. The minimum Gasteiger partial charge on any atom is -0.462 e. The third-order valence-corrected chi connectivity index (χ3v) is 1.97. The summed E-state index contributed by atoms with van der Waals surface area (Å²) in [5, 5.41) is 2.77. The first-order valence-corrected chi connectivity index (χ1v) is 5.03. The molecule has 1 aromatic heterocycles. The predicted molar refractivity (Wildman–Crippen MR) is 57.1 cm³/mol. The van der Waals surface area contributed by atoms with Gasteiger partial charge >= 0.3 is 5.97 Å². The fourth-order valence-electron chi connectivity index (χ4n) is 1.02. The Labute approximate surface area is 92.8 Å². The number of anilines is 1. The van der Waals surface area contributed by atoms with Crippen molar-refractivity contribution >= 4 is 23.5 Å². The van der Waals surface area contributed by atoms with Crippen LogP contribution in [-0.4, -0.2) is 29.6 Å². The van der Waals surface area contributed by atoms with E-state index in [0.29, 0.717) is 23.8 Å². The van der Waals surface area contributed by atoms with Crippen LogP contribution in [0.25, 0.3) is 0 Å². The fourth-order valence-corrected chi connectivity index (χ4v) is 1.22. The topological polar surface area (TPSA) is 64.1 Å². The molecule has 1 aromatic rings. The molecular formula is C9H12ClN3O2. The van der Waals surface area contributed by atoms with Crippen molar-refractivity contribution in [1.29, 1.82) is 0 Å². The van der Waals surface area contributed by atoms with Gasteiger partial charge in [-0.25, -0.2) is 14.8 Å². The molecule has 5 nitrogen and oxygen atoms in total. The minimum atomic E-state index is -0.448. The van der Waals surface area contributed by atoms with Gasteiger partial charge in [-0.1, -0.05) is 0 Å². The Kier molecular flexibility index (Phi) is 4.30. The van der Waals surface area contributed by atoms with Crippen LogP contribution in [0.15, 0.2) is 6.20 Å². The van der Waals surface area contributed by atoms with Crippen molar-refractivity contribution in [2.75, 3.05) is 19.0 Å². The Morgan fingerprint density at radius 3 is 2.93 bits per heavy atom. The highest BCUT2D eigenvalue weighted by Gasteiger charge is 2.14. The van der Waals surface area contributed by atoms with Crippen molar-refractivity contribution in [1.82, 2.24) is 9.97 Å². The number of halogens is 1. The van der Waals surface area contributed by atoms with Gasteiger partial charge in [-0.05, 0) is 6.92 Å². The van der Waals surface area contributed by atoms with Crippen LogP contribution in [0.1, 0.15) is 23.0 Å². The van der Waals surface area contributed by atoms with E-state index in [4.69, 9.17) is 16.3 Å². The van der Waals surface area contributed by atoms with E-state index < -0.39 is 5.97 Å². The first-order valence-electron chi connectivity index (χ1n) is 4.49. The number of carbonyl (C=O) groups is 1. The number of hydrogen-bond acceptors (Lipinski definition) is 5. The van der Waals surface area contributed by atoms with Crippen LogP contribution in [0.5, 0.6) is 0 Å². The molecule has 0 fully saturated rings. The number of alkyl halides is 1. The Morgan fingerprint density at radius 1 is 1.67 bits per heavy atom. The zero-order valence-corrected chi connectivity index (χ0v) is 9.34. The number of nitrogens with zero attached hydrogens (tertiary/aromatic N) is 2. The van der Waals surface area contributed by atoms with E-state index in [-0.39, 0.29) is 5.88 Å². The van der Waals surface area contributed by atoms with E-state index >= 15 is 0 Å². The van der Waals surface area contributed by atoms with Gasteiger partial charge in [-0.2, -0.15) is 0 Å². The highest BCUT2D eigenvalue weighted by molar-refractivity contribution is 6.17. The van der Waals surface area contributed by atoms with Crippen LogP contribution in [-0.2, 0) is 10.6 Å². The van der Waals surface area contributed by atoms with Gasteiger partial charge in [0.25, 0.3) is 0 Å². The first kappa shape index (κ1) is 11.7. The summed E-state index contributed by atoms with van der Waals surface area (Å²) in [5.74, 6) is 0.125. The van der Waals surface area contributed by atoms with E-state index in [1.165, 1.54) is 6.20 Å². The molecule has 1 heterocycles. The molecule has 0 aromatic carbocycles. The minimum absolute atomic E-state index is 0.144. The summed E-state index contributed by atoms with van der Waals surface area (Å²) in [7, 11) is 1.69. The van der Waals surface area contributed by atoms with E-state index in [1.807, 2.05) is 0 Å². The second-order valence-electron chi connectivity index (χ2n) is 2.66. The molecule has 1 N–H and O–H groups in total. The van der Waals surface area contributed by atoms with Crippen LogP contribution in [0.3, 0.4) is 0 Å². The normalized spacial score (nSPS) is 9.80. The van der Waals surface area contributed by atoms with Crippen LogP contribution in [0, 0.1) is 0 Å². The second kappa shape index (κ2) is 5.50. The van der Waals surface area contributed by atoms with E-state index in [0.717, 1.165) is 0 Å². The first-order chi connectivity index (χ1) is 7.22. The smallest absolute Gasteiger partial charge is 0.341 e. The van der Waals surface area contributed by atoms with Crippen molar-refractivity contribution in [3.8, 4) is 0 Å². The highest BCUT2D eigenvalue weighted by atomic mass is 35.5. The molecule has 0 atom stereocenters. The zero-order chi connectivity index (χ0) is 11.3. The molecule has 0 aliphatic carbocycles. The Morgan fingerprint density at radius 2 is 2.40 bits per heavy atom. The van der Waals surface area contributed by atoms with E-state index in [2.05, 4.69) is 15.3 Å². The summed E-state index contributed by atoms with van der Waals surface area (Å²) in [6.07, 6.45) is 1.41. The Bertz CT molecular complexity index is 357. The molecule has 0 bridgehead atoms. The molecule has 0 unspecified atom stereocenters. The molecule has 0 amide bonds.